The van der Waals surface area contributed by atoms with Crippen molar-refractivity contribution in [1.82, 2.24) is 5.32 Å². The number of benzene rings is 1. The summed E-state index contributed by atoms with van der Waals surface area (Å²) < 4.78 is 25.9. The van der Waals surface area contributed by atoms with Crippen molar-refractivity contribution in [3.63, 3.8) is 0 Å². The molecule has 1 rings (SSSR count). The molecule has 0 bridgehead atoms. The van der Waals surface area contributed by atoms with E-state index in [1.54, 1.807) is 6.92 Å². The number of carbonyl (C=O) groups is 1. The standard InChI is InChI=1S/C11H14F2N2O2/c1-7(16)4-5-14-11(17)15-10-6-8(12)2-3-9(10)13/h2-3,6-7,16H,4-5H2,1H3,(H2,14,15,17). The Labute approximate surface area is 97.6 Å². The summed E-state index contributed by atoms with van der Waals surface area (Å²) in [4.78, 5) is 11.3. The van der Waals surface area contributed by atoms with Gasteiger partial charge < -0.3 is 15.7 Å². The van der Waals surface area contributed by atoms with Gasteiger partial charge in [-0.25, -0.2) is 13.6 Å². The van der Waals surface area contributed by atoms with Gasteiger partial charge in [0.15, 0.2) is 0 Å². The van der Waals surface area contributed by atoms with Crippen molar-refractivity contribution in [3.05, 3.63) is 29.8 Å². The number of nitrogens with one attached hydrogen (secondary N) is 2. The summed E-state index contributed by atoms with van der Waals surface area (Å²) in [5, 5.41) is 13.5. The smallest absolute Gasteiger partial charge is 0.319 e. The molecule has 0 aliphatic heterocycles. The lowest BCUT2D eigenvalue weighted by Crippen LogP contribution is -2.31. The molecule has 1 unspecified atom stereocenters. The second-order valence-corrected chi connectivity index (χ2v) is 3.64. The van der Waals surface area contributed by atoms with Gasteiger partial charge in [-0.15, -0.1) is 0 Å². The molecular formula is C11H14F2N2O2. The van der Waals surface area contributed by atoms with Crippen LogP contribution in [0.3, 0.4) is 0 Å². The van der Waals surface area contributed by atoms with Crippen LogP contribution in [0.2, 0.25) is 0 Å². The Morgan fingerprint density at radius 1 is 1.47 bits per heavy atom. The maximum absolute atomic E-state index is 13.1. The molecule has 1 aromatic rings. The number of urea groups is 1. The summed E-state index contributed by atoms with van der Waals surface area (Å²) in [6.07, 6.45) is -0.139. The zero-order chi connectivity index (χ0) is 12.8. The Morgan fingerprint density at radius 3 is 2.82 bits per heavy atom. The Hall–Kier alpha value is -1.69. The number of aliphatic hydroxyl groups excluding tert-OH is 1. The number of amides is 2. The number of carbonyl (C=O) groups excluding carboxylic acids is 1. The zero-order valence-corrected chi connectivity index (χ0v) is 9.34. The minimum atomic E-state index is -0.711. The molecule has 0 heterocycles. The highest BCUT2D eigenvalue weighted by atomic mass is 19.1. The van der Waals surface area contributed by atoms with Gasteiger partial charge in [-0.05, 0) is 25.5 Å². The van der Waals surface area contributed by atoms with E-state index in [1.165, 1.54) is 0 Å². The summed E-state index contributed by atoms with van der Waals surface area (Å²) in [5.41, 5.74) is -0.223. The van der Waals surface area contributed by atoms with E-state index in [1.807, 2.05) is 0 Å². The third-order valence-corrected chi connectivity index (χ3v) is 2.02. The van der Waals surface area contributed by atoms with E-state index in [9.17, 15) is 13.6 Å². The highest BCUT2D eigenvalue weighted by Crippen LogP contribution is 2.14. The van der Waals surface area contributed by atoms with E-state index in [2.05, 4.69) is 10.6 Å². The fraction of sp³-hybridized carbons (Fsp3) is 0.364. The van der Waals surface area contributed by atoms with Crippen molar-refractivity contribution in [2.75, 3.05) is 11.9 Å². The molecule has 17 heavy (non-hydrogen) atoms. The average molecular weight is 244 g/mol. The largest absolute Gasteiger partial charge is 0.393 e. The number of aliphatic hydroxyl groups is 1. The zero-order valence-electron chi connectivity index (χ0n) is 9.34. The number of anilines is 1. The van der Waals surface area contributed by atoms with E-state index < -0.39 is 23.8 Å². The Morgan fingerprint density at radius 2 is 2.18 bits per heavy atom. The molecule has 0 radical (unpaired) electrons. The summed E-state index contributed by atoms with van der Waals surface area (Å²) >= 11 is 0. The fourth-order valence-electron chi connectivity index (χ4n) is 1.15. The van der Waals surface area contributed by atoms with Crippen LogP contribution in [-0.4, -0.2) is 23.8 Å². The van der Waals surface area contributed by atoms with Crippen LogP contribution in [0.25, 0.3) is 0 Å². The molecule has 0 fully saturated rings. The van der Waals surface area contributed by atoms with Crippen molar-refractivity contribution >= 4 is 11.7 Å². The van der Waals surface area contributed by atoms with Crippen molar-refractivity contribution in [2.45, 2.75) is 19.4 Å². The summed E-state index contributed by atoms with van der Waals surface area (Å²) in [5.74, 6) is -1.34. The van der Waals surface area contributed by atoms with Crippen molar-refractivity contribution < 1.29 is 18.7 Å². The Bertz CT molecular complexity index is 397. The second kappa shape index (κ2) is 6.15. The van der Waals surface area contributed by atoms with Crippen LogP contribution in [0.5, 0.6) is 0 Å². The van der Waals surface area contributed by atoms with Gasteiger partial charge in [-0.2, -0.15) is 0 Å². The molecule has 0 aromatic heterocycles. The van der Waals surface area contributed by atoms with Crippen LogP contribution >= 0.6 is 0 Å². The van der Waals surface area contributed by atoms with Crippen molar-refractivity contribution in [3.8, 4) is 0 Å². The number of rotatable bonds is 4. The van der Waals surface area contributed by atoms with Crippen LogP contribution in [0.1, 0.15) is 13.3 Å². The summed E-state index contributed by atoms with van der Waals surface area (Å²) in [7, 11) is 0. The van der Waals surface area contributed by atoms with E-state index in [-0.39, 0.29) is 12.2 Å². The van der Waals surface area contributed by atoms with Crippen LogP contribution in [0.4, 0.5) is 19.3 Å². The molecule has 0 aliphatic carbocycles. The molecule has 1 atom stereocenters. The quantitative estimate of drug-likeness (QED) is 0.757. The minimum absolute atomic E-state index is 0.223. The van der Waals surface area contributed by atoms with Crippen molar-refractivity contribution in [2.24, 2.45) is 0 Å². The number of hydrogen-bond donors (Lipinski definition) is 3. The predicted molar refractivity (Wildman–Crippen MR) is 59.7 cm³/mol. The van der Waals surface area contributed by atoms with Gasteiger partial charge in [0.25, 0.3) is 0 Å². The van der Waals surface area contributed by atoms with Gasteiger partial charge in [0.05, 0.1) is 11.8 Å². The first-order valence-corrected chi connectivity index (χ1v) is 5.17. The SMILES string of the molecule is CC(O)CCNC(=O)Nc1cc(F)ccc1F. The lowest BCUT2D eigenvalue weighted by molar-refractivity contribution is 0.184. The molecule has 94 valence electrons. The third kappa shape index (κ3) is 4.78. The highest BCUT2D eigenvalue weighted by molar-refractivity contribution is 5.89. The maximum Gasteiger partial charge on any atom is 0.319 e. The van der Waals surface area contributed by atoms with Gasteiger partial charge >= 0.3 is 6.03 Å². The first-order valence-electron chi connectivity index (χ1n) is 5.17. The molecule has 0 saturated heterocycles. The lowest BCUT2D eigenvalue weighted by Gasteiger charge is -2.09. The minimum Gasteiger partial charge on any atom is -0.393 e. The summed E-state index contributed by atoms with van der Waals surface area (Å²) in [6.45, 7) is 1.84. The molecular weight excluding hydrogens is 230 g/mol. The third-order valence-electron chi connectivity index (χ3n) is 2.02. The first-order chi connectivity index (χ1) is 7.99. The van der Waals surface area contributed by atoms with Gasteiger partial charge in [0.1, 0.15) is 11.6 Å². The number of halogens is 2. The normalized spacial score (nSPS) is 12.0. The van der Waals surface area contributed by atoms with E-state index >= 15 is 0 Å². The molecule has 6 heteroatoms. The molecule has 0 spiro atoms. The molecule has 0 aliphatic rings. The predicted octanol–water partition coefficient (Wildman–Crippen LogP) is 1.86. The molecule has 0 saturated carbocycles. The first kappa shape index (κ1) is 13.4. The van der Waals surface area contributed by atoms with E-state index in [4.69, 9.17) is 5.11 Å². The highest BCUT2D eigenvalue weighted by Gasteiger charge is 2.07. The summed E-state index contributed by atoms with van der Waals surface area (Å²) in [6, 6.07) is 2.14. The van der Waals surface area contributed by atoms with E-state index in [0.717, 1.165) is 18.2 Å². The number of hydrogen-bond acceptors (Lipinski definition) is 2. The van der Waals surface area contributed by atoms with Crippen LogP contribution in [-0.2, 0) is 0 Å². The molecule has 2 amide bonds. The Balaban J connectivity index is 2.47. The van der Waals surface area contributed by atoms with Gasteiger partial charge in [-0.3, -0.25) is 0 Å². The maximum atomic E-state index is 13.1. The van der Waals surface area contributed by atoms with Crippen LogP contribution in [0.15, 0.2) is 18.2 Å². The average Bonchev–Trinajstić information content (AvgIpc) is 2.23. The van der Waals surface area contributed by atoms with Gasteiger partial charge in [0, 0.05) is 12.6 Å². The lowest BCUT2D eigenvalue weighted by atomic mass is 10.3. The van der Waals surface area contributed by atoms with Crippen molar-refractivity contribution in [1.29, 1.82) is 0 Å². The molecule has 1 aromatic carbocycles. The fourth-order valence-corrected chi connectivity index (χ4v) is 1.15. The van der Waals surface area contributed by atoms with E-state index in [0.29, 0.717) is 6.42 Å². The van der Waals surface area contributed by atoms with Crippen LogP contribution in [0, 0.1) is 11.6 Å². The second-order valence-electron chi connectivity index (χ2n) is 3.64. The van der Waals surface area contributed by atoms with Gasteiger partial charge in [-0.1, -0.05) is 0 Å². The van der Waals surface area contributed by atoms with Gasteiger partial charge in [0.2, 0.25) is 0 Å². The topological polar surface area (TPSA) is 61.4 Å². The monoisotopic (exact) mass is 244 g/mol. The molecule has 3 N–H and O–H groups in total. The Kier molecular flexibility index (Phi) is 4.84. The van der Waals surface area contributed by atoms with Crippen LogP contribution < -0.4 is 10.6 Å². The molecule has 4 nitrogen and oxygen atoms in total.